The Kier molecular flexibility index (Phi) is 13.5. The first-order valence-corrected chi connectivity index (χ1v) is 22.0. The molecule has 6 nitrogen and oxygen atoms in total. The van der Waals surface area contributed by atoms with Gasteiger partial charge in [-0.15, -0.1) is 0 Å². The highest BCUT2D eigenvalue weighted by Crippen LogP contribution is 2.57. The average molecular weight is 849 g/mol. The van der Waals surface area contributed by atoms with Crippen LogP contribution < -0.4 is 9.47 Å². The number of rotatable bonds is 10. The van der Waals surface area contributed by atoms with Crippen molar-refractivity contribution in [2.45, 2.75) is 65.2 Å². The summed E-state index contributed by atoms with van der Waals surface area (Å²) in [5.41, 5.74) is 9.73. The molecule has 0 bridgehead atoms. The summed E-state index contributed by atoms with van der Waals surface area (Å²) in [5, 5.41) is 40.3. The SMILES string of the molecule is CC.CCc1ccc(Oc2ccc(C(C)(C)c3ccc(Oc4ccc(CC)cc4)cc3)cc2)cc1.Oc1ccc(C2(c3ccc(O)c(O)c3)c3ccccc3-c3ccccc32)cc1O. The molecule has 64 heavy (non-hydrogen) atoms. The van der Waals surface area contributed by atoms with E-state index in [1.54, 1.807) is 24.3 Å². The lowest BCUT2D eigenvalue weighted by Gasteiger charge is -2.34. The number of aromatic hydroxyl groups is 4. The van der Waals surface area contributed by atoms with E-state index in [2.05, 4.69) is 88.4 Å². The first kappa shape index (κ1) is 44.6. The molecular formula is C58H56O6. The fraction of sp³-hybridized carbons (Fsp3) is 0.172. The van der Waals surface area contributed by atoms with Gasteiger partial charge in [0.25, 0.3) is 0 Å². The predicted octanol–water partition coefficient (Wildman–Crippen LogP) is 14.6. The molecule has 1 aliphatic rings. The monoisotopic (exact) mass is 848 g/mol. The number of benzene rings is 8. The summed E-state index contributed by atoms with van der Waals surface area (Å²) in [6.45, 7) is 12.8. The van der Waals surface area contributed by atoms with Crippen LogP contribution in [0.4, 0.5) is 0 Å². The van der Waals surface area contributed by atoms with Crippen molar-refractivity contribution in [1.82, 2.24) is 0 Å². The van der Waals surface area contributed by atoms with Crippen molar-refractivity contribution in [2.24, 2.45) is 0 Å². The molecule has 0 heterocycles. The second kappa shape index (κ2) is 19.3. The van der Waals surface area contributed by atoms with Gasteiger partial charge in [-0.05, 0) is 141 Å². The Labute approximate surface area is 377 Å². The number of phenolic OH excluding ortho intramolecular Hbond substituents is 4. The van der Waals surface area contributed by atoms with Crippen molar-refractivity contribution in [3.05, 3.63) is 226 Å². The number of fused-ring (bicyclic) bond motifs is 3. The van der Waals surface area contributed by atoms with Gasteiger partial charge in [-0.1, -0.05) is 151 Å². The molecule has 0 spiro atoms. The van der Waals surface area contributed by atoms with E-state index in [9.17, 15) is 20.4 Å². The van der Waals surface area contributed by atoms with Gasteiger partial charge in [0.15, 0.2) is 23.0 Å². The molecule has 0 unspecified atom stereocenters. The lowest BCUT2D eigenvalue weighted by Crippen LogP contribution is -2.28. The zero-order valence-electron chi connectivity index (χ0n) is 37.3. The van der Waals surface area contributed by atoms with Gasteiger partial charge in [0.1, 0.15) is 23.0 Å². The molecule has 0 aromatic heterocycles. The topological polar surface area (TPSA) is 99.4 Å². The van der Waals surface area contributed by atoms with Gasteiger partial charge in [0.2, 0.25) is 0 Å². The van der Waals surface area contributed by atoms with Crippen molar-refractivity contribution in [3.63, 3.8) is 0 Å². The molecular weight excluding hydrogens is 793 g/mol. The summed E-state index contributed by atoms with van der Waals surface area (Å²) >= 11 is 0. The van der Waals surface area contributed by atoms with Crippen LogP contribution in [-0.4, -0.2) is 20.4 Å². The fourth-order valence-electron chi connectivity index (χ4n) is 8.44. The first-order valence-electron chi connectivity index (χ1n) is 22.0. The molecule has 8 aromatic rings. The molecule has 4 N–H and O–H groups in total. The van der Waals surface area contributed by atoms with Crippen molar-refractivity contribution < 1.29 is 29.9 Å². The van der Waals surface area contributed by atoms with Crippen LogP contribution in [0.2, 0.25) is 0 Å². The van der Waals surface area contributed by atoms with Gasteiger partial charge in [-0.25, -0.2) is 0 Å². The zero-order chi connectivity index (χ0) is 45.4. The minimum atomic E-state index is -0.830. The van der Waals surface area contributed by atoms with Crippen molar-refractivity contribution >= 4 is 0 Å². The normalized spacial score (nSPS) is 12.1. The number of ether oxygens (including phenoxy) is 2. The fourth-order valence-corrected chi connectivity index (χ4v) is 8.44. The number of aryl methyl sites for hydroxylation is 2. The second-order valence-corrected chi connectivity index (χ2v) is 16.1. The van der Waals surface area contributed by atoms with E-state index in [1.165, 1.54) is 34.4 Å². The summed E-state index contributed by atoms with van der Waals surface area (Å²) in [7, 11) is 0. The summed E-state index contributed by atoms with van der Waals surface area (Å²) in [6, 6.07) is 59.0. The molecule has 324 valence electrons. The average Bonchev–Trinajstić information content (AvgIpc) is 3.63. The molecule has 0 fully saturated rings. The van der Waals surface area contributed by atoms with Crippen LogP contribution in [-0.2, 0) is 23.7 Å². The third-order valence-corrected chi connectivity index (χ3v) is 12.1. The Morgan fingerprint density at radius 2 is 0.734 bits per heavy atom. The van der Waals surface area contributed by atoms with Crippen LogP contribution in [0.25, 0.3) is 11.1 Å². The highest BCUT2D eigenvalue weighted by Gasteiger charge is 2.46. The number of hydrogen-bond acceptors (Lipinski definition) is 6. The van der Waals surface area contributed by atoms with Gasteiger partial charge in [-0.2, -0.15) is 0 Å². The van der Waals surface area contributed by atoms with Gasteiger partial charge in [-0.3, -0.25) is 0 Å². The van der Waals surface area contributed by atoms with Gasteiger partial charge in [0, 0.05) is 5.41 Å². The van der Waals surface area contributed by atoms with Gasteiger partial charge in [0.05, 0.1) is 5.41 Å². The van der Waals surface area contributed by atoms with Crippen molar-refractivity contribution in [2.75, 3.05) is 0 Å². The van der Waals surface area contributed by atoms with Gasteiger partial charge >= 0.3 is 0 Å². The Hall–Kier alpha value is -7.44. The van der Waals surface area contributed by atoms with Crippen LogP contribution in [0.5, 0.6) is 46.0 Å². The minimum absolute atomic E-state index is 0.136. The number of hydrogen-bond donors (Lipinski definition) is 4. The number of phenols is 4. The summed E-state index contributed by atoms with van der Waals surface area (Å²) in [5.74, 6) is 2.58. The van der Waals surface area contributed by atoms with Crippen LogP contribution in [0.15, 0.2) is 182 Å². The summed E-state index contributed by atoms with van der Waals surface area (Å²) in [4.78, 5) is 0. The van der Waals surface area contributed by atoms with E-state index in [0.29, 0.717) is 0 Å². The molecule has 0 atom stereocenters. The summed E-state index contributed by atoms with van der Waals surface area (Å²) < 4.78 is 12.0. The molecule has 1 aliphatic carbocycles. The van der Waals surface area contributed by atoms with Crippen molar-refractivity contribution in [3.8, 4) is 57.1 Å². The van der Waals surface area contributed by atoms with Crippen molar-refractivity contribution in [1.29, 1.82) is 0 Å². The standard InChI is InChI=1S/C31H32O2.C25H18O4.C2H6/c1-5-23-7-15-27(16-8-23)32-29-19-11-25(12-20-29)31(3,4)26-13-21-30(22-14-26)33-28-17-9-24(6-2)10-18-28;26-21-11-9-15(13-23(21)28)25(16-10-12-22(27)24(29)14-16)19-7-3-1-5-17(19)18-6-2-4-8-20(18)25;1-2/h7-22H,5-6H2,1-4H3;1-14,26-29H;1-2H3. The largest absolute Gasteiger partial charge is 0.504 e. The van der Waals surface area contributed by atoms with Crippen LogP contribution in [0, 0.1) is 0 Å². The molecule has 6 heteroatoms. The van der Waals surface area contributed by atoms with E-state index in [-0.39, 0.29) is 28.4 Å². The lowest BCUT2D eigenvalue weighted by molar-refractivity contribution is 0.401. The Balaban J connectivity index is 0.000000186. The molecule has 0 saturated carbocycles. The van der Waals surface area contributed by atoms with Crippen LogP contribution >= 0.6 is 0 Å². The second-order valence-electron chi connectivity index (χ2n) is 16.1. The molecule has 0 saturated heterocycles. The quantitative estimate of drug-likeness (QED) is 0.102. The smallest absolute Gasteiger partial charge is 0.157 e. The zero-order valence-corrected chi connectivity index (χ0v) is 37.3. The maximum Gasteiger partial charge on any atom is 0.157 e. The summed E-state index contributed by atoms with van der Waals surface area (Å²) in [6.07, 6.45) is 2.06. The van der Waals surface area contributed by atoms with E-state index in [4.69, 9.17) is 9.47 Å². The Bertz CT molecular complexity index is 2610. The Morgan fingerprint density at radius 1 is 0.406 bits per heavy atom. The Morgan fingerprint density at radius 3 is 1.06 bits per heavy atom. The van der Waals surface area contributed by atoms with Crippen LogP contribution in [0.1, 0.15) is 86.1 Å². The molecule has 8 aromatic carbocycles. The highest BCUT2D eigenvalue weighted by molar-refractivity contribution is 5.86. The van der Waals surface area contributed by atoms with E-state index in [0.717, 1.165) is 69.2 Å². The third kappa shape index (κ3) is 8.91. The maximum absolute atomic E-state index is 10.3. The van der Waals surface area contributed by atoms with Gasteiger partial charge < -0.3 is 29.9 Å². The first-order chi connectivity index (χ1) is 31.0. The lowest BCUT2D eigenvalue weighted by atomic mass is 9.67. The molecule has 0 amide bonds. The van der Waals surface area contributed by atoms with E-state index < -0.39 is 5.41 Å². The molecule has 9 rings (SSSR count). The van der Waals surface area contributed by atoms with E-state index in [1.807, 2.05) is 98.8 Å². The minimum Gasteiger partial charge on any atom is -0.504 e. The highest BCUT2D eigenvalue weighted by atomic mass is 16.5. The van der Waals surface area contributed by atoms with Crippen LogP contribution in [0.3, 0.4) is 0 Å². The third-order valence-electron chi connectivity index (χ3n) is 12.1. The maximum atomic E-state index is 10.3. The molecule has 0 radical (unpaired) electrons. The van der Waals surface area contributed by atoms with E-state index >= 15 is 0 Å². The molecule has 0 aliphatic heterocycles. The predicted molar refractivity (Wildman–Crippen MR) is 259 cm³/mol.